The summed E-state index contributed by atoms with van der Waals surface area (Å²) in [6.07, 6.45) is 1.61. The Morgan fingerprint density at radius 3 is 2.66 bits per heavy atom. The first-order chi connectivity index (χ1) is 14.0. The quantitative estimate of drug-likeness (QED) is 0.455. The zero-order valence-electron chi connectivity index (χ0n) is 15.4. The summed E-state index contributed by atoms with van der Waals surface area (Å²) in [6, 6.07) is 17.8. The Balaban J connectivity index is 1.51. The van der Waals surface area contributed by atoms with Crippen LogP contribution in [-0.2, 0) is 6.61 Å². The average molecular weight is 427 g/mol. The van der Waals surface area contributed by atoms with Crippen molar-refractivity contribution in [1.29, 1.82) is 0 Å². The molecule has 0 amide bonds. The zero-order valence-corrected chi connectivity index (χ0v) is 17.0. The zero-order chi connectivity index (χ0) is 20.4. The molecule has 0 aliphatic carbocycles. The van der Waals surface area contributed by atoms with Crippen LogP contribution in [0, 0.1) is 0 Å². The molecular formula is C23H16Cl2O4. The van der Waals surface area contributed by atoms with E-state index in [0.29, 0.717) is 39.3 Å². The molecule has 29 heavy (non-hydrogen) atoms. The molecule has 0 aromatic heterocycles. The maximum absolute atomic E-state index is 12.6. The fourth-order valence-corrected chi connectivity index (χ4v) is 3.41. The van der Waals surface area contributed by atoms with Crippen LogP contribution < -0.4 is 14.2 Å². The lowest BCUT2D eigenvalue weighted by Gasteiger charge is -2.08. The van der Waals surface area contributed by atoms with Gasteiger partial charge in [-0.3, -0.25) is 4.79 Å². The van der Waals surface area contributed by atoms with Gasteiger partial charge in [0.15, 0.2) is 5.76 Å². The van der Waals surface area contributed by atoms with Gasteiger partial charge in [-0.25, -0.2) is 0 Å². The van der Waals surface area contributed by atoms with Crippen molar-refractivity contribution in [2.75, 3.05) is 7.11 Å². The van der Waals surface area contributed by atoms with Crippen LogP contribution in [0.15, 0.2) is 66.4 Å². The highest BCUT2D eigenvalue weighted by molar-refractivity contribution is 6.35. The minimum Gasteiger partial charge on any atom is -0.497 e. The van der Waals surface area contributed by atoms with Crippen molar-refractivity contribution in [3.05, 3.63) is 93.2 Å². The van der Waals surface area contributed by atoms with Gasteiger partial charge in [0.05, 0.1) is 12.7 Å². The van der Waals surface area contributed by atoms with Crippen molar-refractivity contribution in [2.45, 2.75) is 6.61 Å². The van der Waals surface area contributed by atoms with E-state index in [-0.39, 0.29) is 11.5 Å². The van der Waals surface area contributed by atoms with E-state index in [9.17, 15) is 4.79 Å². The molecule has 146 valence electrons. The highest BCUT2D eigenvalue weighted by atomic mass is 35.5. The van der Waals surface area contributed by atoms with Crippen molar-refractivity contribution in [2.24, 2.45) is 0 Å². The number of allylic oxidation sites excluding steroid dienone is 1. The van der Waals surface area contributed by atoms with Gasteiger partial charge in [-0.05, 0) is 53.6 Å². The third-order valence-corrected chi connectivity index (χ3v) is 4.99. The molecule has 0 N–H and O–H groups in total. The summed E-state index contributed by atoms with van der Waals surface area (Å²) in [5.74, 6) is 1.82. The van der Waals surface area contributed by atoms with Crippen LogP contribution in [0.3, 0.4) is 0 Å². The Labute approximate surface area is 178 Å². The van der Waals surface area contributed by atoms with Crippen LogP contribution in [0.25, 0.3) is 6.08 Å². The molecular weight excluding hydrogens is 411 g/mol. The topological polar surface area (TPSA) is 44.8 Å². The second-order valence-electron chi connectivity index (χ2n) is 6.40. The van der Waals surface area contributed by atoms with E-state index < -0.39 is 0 Å². The van der Waals surface area contributed by atoms with E-state index in [1.165, 1.54) is 0 Å². The molecule has 6 heteroatoms. The largest absolute Gasteiger partial charge is 0.497 e. The van der Waals surface area contributed by atoms with Gasteiger partial charge >= 0.3 is 0 Å². The second kappa shape index (κ2) is 8.19. The van der Waals surface area contributed by atoms with Gasteiger partial charge in [-0.2, -0.15) is 0 Å². The molecule has 1 aliphatic heterocycles. The van der Waals surface area contributed by atoms with Gasteiger partial charge < -0.3 is 14.2 Å². The molecule has 0 spiro atoms. The maximum Gasteiger partial charge on any atom is 0.231 e. The molecule has 4 nitrogen and oxygen atoms in total. The predicted octanol–water partition coefficient (Wildman–Crippen LogP) is 6.20. The van der Waals surface area contributed by atoms with Crippen LogP contribution in [0.2, 0.25) is 10.0 Å². The highest BCUT2D eigenvalue weighted by Crippen LogP contribution is 2.36. The number of rotatable bonds is 5. The standard InChI is InChI=1S/C23H16Cl2O4/c1-27-17-4-2-3-14(9-17)13-28-18-7-8-19-21(12-18)29-22(23(19)26)10-15-5-6-16(24)11-20(15)25/h2-12H,13H2,1H3. The summed E-state index contributed by atoms with van der Waals surface area (Å²) < 4.78 is 16.8. The van der Waals surface area contributed by atoms with E-state index >= 15 is 0 Å². The van der Waals surface area contributed by atoms with E-state index in [0.717, 1.165) is 11.3 Å². The molecule has 4 rings (SSSR count). The molecule has 3 aromatic carbocycles. The van der Waals surface area contributed by atoms with Crippen LogP contribution in [0.1, 0.15) is 21.5 Å². The number of hydrogen-bond acceptors (Lipinski definition) is 4. The number of carbonyl (C=O) groups excluding carboxylic acids is 1. The van der Waals surface area contributed by atoms with Crippen LogP contribution in [0.5, 0.6) is 17.2 Å². The number of halogens is 2. The number of benzene rings is 3. The Morgan fingerprint density at radius 1 is 1.00 bits per heavy atom. The number of ketones is 1. The second-order valence-corrected chi connectivity index (χ2v) is 7.25. The lowest BCUT2D eigenvalue weighted by Crippen LogP contribution is -1.98. The third-order valence-electron chi connectivity index (χ3n) is 4.43. The van der Waals surface area contributed by atoms with Crippen LogP contribution >= 0.6 is 23.2 Å². The minimum atomic E-state index is -0.203. The van der Waals surface area contributed by atoms with Crippen LogP contribution in [0.4, 0.5) is 0 Å². The van der Waals surface area contributed by atoms with E-state index in [4.69, 9.17) is 37.4 Å². The number of carbonyl (C=O) groups is 1. The molecule has 0 saturated heterocycles. The molecule has 0 fully saturated rings. The summed E-state index contributed by atoms with van der Waals surface area (Å²) in [4.78, 5) is 12.6. The van der Waals surface area contributed by atoms with Crippen molar-refractivity contribution < 1.29 is 19.0 Å². The van der Waals surface area contributed by atoms with E-state index in [1.807, 2.05) is 24.3 Å². The summed E-state index contributed by atoms with van der Waals surface area (Å²) in [7, 11) is 1.62. The van der Waals surface area contributed by atoms with Gasteiger partial charge in [0.25, 0.3) is 0 Å². The summed E-state index contributed by atoms with van der Waals surface area (Å²) in [5.41, 5.74) is 2.11. The fraction of sp³-hybridized carbons (Fsp3) is 0.0870. The maximum atomic E-state index is 12.6. The monoisotopic (exact) mass is 426 g/mol. The normalized spacial score (nSPS) is 13.9. The summed E-state index contributed by atoms with van der Waals surface area (Å²) in [6.45, 7) is 0.368. The molecule has 1 heterocycles. The summed E-state index contributed by atoms with van der Waals surface area (Å²) in [5, 5.41) is 0.969. The Morgan fingerprint density at radius 2 is 1.86 bits per heavy atom. The van der Waals surface area contributed by atoms with Crippen LogP contribution in [-0.4, -0.2) is 12.9 Å². The number of methoxy groups -OCH3 is 1. The highest BCUT2D eigenvalue weighted by Gasteiger charge is 2.28. The van der Waals surface area contributed by atoms with Gasteiger partial charge in [-0.1, -0.05) is 41.4 Å². The van der Waals surface area contributed by atoms with Crippen molar-refractivity contribution in [1.82, 2.24) is 0 Å². The Kier molecular flexibility index (Phi) is 5.47. The van der Waals surface area contributed by atoms with E-state index in [1.54, 1.807) is 49.6 Å². The van der Waals surface area contributed by atoms with Gasteiger partial charge in [0.2, 0.25) is 5.78 Å². The van der Waals surface area contributed by atoms with Crippen molar-refractivity contribution in [3.8, 4) is 17.2 Å². The van der Waals surface area contributed by atoms with Gasteiger partial charge in [-0.15, -0.1) is 0 Å². The first-order valence-electron chi connectivity index (χ1n) is 8.82. The Bertz CT molecular complexity index is 1120. The number of fused-ring (bicyclic) bond motifs is 1. The Hall–Kier alpha value is -2.95. The van der Waals surface area contributed by atoms with E-state index in [2.05, 4.69) is 0 Å². The molecule has 3 aromatic rings. The summed E-state index contributed by atoms with van der Waals surface area (Å²) >= 11 is 12.1. The SMILES string of the molecule is COc1cccc(COc2ccc3c(c2)OC(=Cc2ccc(Cl)cc2Cl)C3=O)c1. The van der Waals surface area contributed by atoms with Gasteiger partial charge in [0.1, 0.15) is 23.9 Å². The molecule has 1 aliphatic rings. The molecule has 0 radical (unpaired) electrons. The average Bonchev–Trinajstić information content (AvgIpc) is 3.03. The van der Waals surface area contributed by atoms with Crippen molar-refractivity contribution >= 4 is 35.1 Å². The molecule has 0 bridgehead atoms. The predicted molar refractivity (Wildman–Crippen MR) is 113 cm³/mol. The lowest BCUT2D eigenvalue weighted by atomic mass is 10.1. The first kappa shape index (κ1) is 19.4. The molecule has 0 unspecified atom stereocenters. The lowest BCUT2D eigenvalue weighted by molar-refractivity contribution is 0.101. The fourth-order valence-electron chi connectivity index (χ4n) is 2.95. The molecule has 0 atom stereocenters. The number of ether oxygens (including phenoxy) is 3. The third kappa shape index (κ3) is 4.24. The smallest absolute Gasteiger partial charge is 0.231 e. The first-order valence-corrected chi connectivity index (χ1v) is 9.58. The van der Waals surface area contributed by atoms with Gasteiger partial charge in [0, 0.05) is 16.1 Å². The molecule has 0 saturated carbocycles. The van der Waals surface area contributed by atoms with Crippen molar-refractivity contribution in [3.63, 3.8) is 0 Å². The minimum absolute atomic E-state index is 0.203. The number of hydrogen-bond donors (Lipinski definition) is 0. The number of Topliss-reactive ketones (excluding diaryl/α,β-unsaturated/α-hetero) is 1.